The van der Waals surface area contributed by atoms with Crippen LogP contribution in [0, 0.1) is 17.3 Å². The highest BCUT2D eigenvalue weighted by Gasteiger charge is 2.59. The van der Waals surface area contributed by atoms with Gasteiger partial charge in [-0.2, -0.15) is 0 Å². The highest BCUT2D eigenvalue weighted by atomic mass is 16.5. The van der Waals surface area contributed by atoms with Crippen molar-refractivity contribution >= 4 is 11.6 Å². The number of nitrogens with zero attached hydrogens (tertiary/aromatic N) is 1. The molecule has 0 aliphatic heterocycles. The molecule has 2 aliphatic rings. The summed E-state index contributed by atoms with van der Waals surface area (Å²) in [6.07, 6.45) is 3.89. The number of allylic oxidation sites excluding steroid dienone is 3. The van der Waals surface area contributed by atoms with Crippen LogP contribution in [0.4, 0.5) is 0 Å². The Balaban J connectivity index is 1.81. The molecule has 0 radical (unpaired) electrons. The Bertz CT molecular complexity index is 1000. The lowest BCUT2D eigenvalue weighted by Crippen LogP contribution is -2.49. The van der Waals surface area contributed by atoms with E-state index in [2.05, 4.69) is 25.6 Å². The summed E-state index contributed by atoms with van der Waals surface area (Å²) in [4.78, 5) is 26.7. The molecule has 0 saturated heterocycles. The molecule has 2 aromatic rings. The first-order valence-electron chi connectivity index (χ1n) is 9.95. The standard InChI is InChI=1S/C24H25NO4/c1-14(2)18-20-15(3)9-8-12-17(26)24(20,4)22(27)19-21(18)29-25-23(19)28-13-16-10-6-5-7-11-16/h5-8,10-12,14,18,20H,3,9,13H2,1-2,4H3. The van der Waals surface area contributed by atoms with E-state index in [0.717, 1.165) is 11.1 Å². The van der Waals surface area contributed by atoms with Gasteiger partial charge in [0.05, 0.1) is 0 Å². The number of aromatic nitrogens is 1. The van der Waals surface area contributed by atoms with Gasteiger partial charge in [0.15, 0.2) is 17.3 Å². The van der Waals surface area contributed by atoms with E-state index in [9.17, 15) is 9.59 Å². The van der Waals surface area contributed by atoms with Gasteiger partial charge in [0, 0.05) is 11.8 Å². The summed E-state index contributed by atoms with van der Waals surface area (Å²) in [5.41, 5.74) is 0.895. The van der Waals surface area contributed by atoms with E-state index in [4.69, 9.17) is 9.26 Å². The molecule has 0 spiro atoms. The molecule has 3 atom stereocenters. The number of carbonyl (C=O) groups is 2. The monoisotopic (exact) mass is 391 g/mol. The van der Waals surface area contributed by atoms with Crippen LogP contribution in [-0.2, 0) is 11.4 Å². The van der Waals surface area contributed by atoms with Gasteiger partial charge < -0.3 is 9.26 Å². The number of fused-ring (bicyclic) bond motifs is 2. The Morgan fingerprint density at radius 3 is 2.69 bits per heavy atom. The number of Topliss-reactive ketones (excluding diaryl/α,β-unsaturated/α-hetero) is 1. The number of hydrogen-bond acceptors (Lipinski definition) is 5. The van der Waals surface area contributed by atoms with Crippen molar-refractivity contribution in [3.8, 4) is 5.88 Å². The lowest BCUT2D eigenvalue weighted by atomic mass is 9.56. The Morgan fingerprint density at radius 2 is 2.00 bits per heavy atom. The van der Waals surface area contributed by atoms with Crippen molar-refractivity contribution in [2.24, 2.45) is 17.3 Å². The lowest BCUT2D eigenvalue weighted by molar-refractivity contribution is -0.123. The van der Waals surface area contributed by atoms with Gasteiger partial charge in [0.2, 0.25) is 0 Å². The van der Waals surface area contributed by atoms with Crippen LogP contribution in [0.2, 0.25) is 0 Å². The van der Waals surface area contributed by atoms with E-state index >= 15 is 0 Å². The Kier molecular flexibility index (Phi) is 4.77. The maximum absolute atomic E-state index is 13.7. The molecule has 1 aromatic heterocycles. The smallest absolute Gasteiger partial charge is 0.265 e. The van der Waals surface area contributed by atoms with Gasteiger partial charge in [-0.15, -0.1) is 0 Å². The molecule has 4 rings (SSSR count). The Hall–Kier alpha value is -2.95. The highest BCUT2D eigenvalue weighted by Crippen LogP contribution is 2.56. The first kappa shape index (κ1) is 19.4. The number of ether oxygens (including phenoxy) is 1. The number of carbonyl (C=O) groups excluding carboxylic acids is 2. The summed E-state index contributed by atoms with van der Waals surface area (Å²) in [5.74, 6) is -0.208. The van der Waals surface area contributed by atoms with E-state index in [1.165, 1.54) is 6.08 Å². The minimum atomic E-state index is -1.23. The van der Waals surface area contributed by atoms with Crippen molar-refractivity contribution in [1.82, 2.24) is 5.16 Å². The topological polar surface area (TPSA) is 69.4 Å². The molecule has 5 heteroatoms. The molecule has 1 aromatic carbocycles. The zero-order chi connectivity index (χ0) is 20.8. The number of ketones is 2. The predicted molar refractivity (Wildman–Crippen MR) is 109 cm³/mol. The maximum Gasteiger partial charge on any atom is 0.265 e. The molecule has 29 heavy (non-hydrogen) atoms. The van der Waals surface area contributed by atoms with Gasteiger partial charge in [0.25, 0.3) is 5.88 Å². The molecule has 0 fully saturated rings. The fraction of sp³-hybridized carbons (Fsp3) is 0.375. The molecule has 1 heterocycles. The third-order valence-corrected chi connectivity index (χ3v) is 6.21. The van der Waals surface area contributed by atoms with Gasteiger partial charge >= 0.3 is 0 Å². The first-order valence-corrected chi connectivity index (χ1v) is 9.95. The molecule has 0 saturated carbocycles. The predicted octanol–water partition coefficient (Wildman–Crippen LogP) is 4.90. The van der Waals surface area contributed by atoms with E-state index in [1.807, 2.05) is 30.3 Å². The molecular formula is C24H25NO4. The number of benzene rings is 1. The van der Waals surface area contributed by atoms with Crippen molar-refractivity contribution < 1.29 is 18.8 Å². The van der Waals surface area contributed by atoms with Crippen molar-refractivity contribution in [2.45, 2.75) is 39.7 Å². The summed E-state index contributed by atoms with van der Waals surface area (Å²) in [6.45, 7) is 10.3. The first-order chi connectivity index (χ1) is 13.9. The molecule has 2 aliphatic carbocycles. The van der Waals surface area contributed by atoms with Gasteiger partial charge in [0.1, 0.15) is 17.6 Å². The highest BCUT2D eigenvalue weighted by molar-refractivity contribution is 6.20. The van der Waals surface area contributed by atoms with Crippen LogP contribution < -0.4 is 4.74 Å². The minimum Gasteiger partial charge on any atom is -0.470 e. The van der Waals surface area contributed by atoms with Gasteiger partial charge in [-0.3, -0.25) is 9.59 Å². The summed E-state index contributed by atoms with van der Waals surface area (Å²) in [7, 11) is 0. The van der Waals surface area contributed by atoms with Crippen molar-refractivity contribution in [1.29, 1.82) is 0 Å². The van der Waals surface area contributed by atoms with Gasteiger partial charge in [-0.1, -0.05) is 62.4 Å². The summed E-state index contributed by atoms with van der Waals surface area (Å²) >= 11 is 0. The zero-order valence-corrected chi connectivity index (χ0v) is 17.0. The van der Waals surface area contributed by atoms with Crippen molar-refractivity contribution in [3.05, 3.63) is 71.5 Å². The quantitative estimate of drug-likeness (QED) is 0.548. The van der Waals surface area contributed by atoms with Crippen molar-refractivity contribution in [3.63, 3.8) is 0 Å². The molecule has 0 bridgehead atoms. The Morgan fingerprint density at radius 1 is 1.28 bits per heavy atom. The lowest BCUT2D eigenvalue weighted by Gasteiger charge is -2.43. The third-order valence-electron chi connectivity index (χ3n) is 6.21. The number of rotatable bonds is 4. The SMILES string of the molecule is C=C1CC=CC(=O)C2(C)C(=O)c3c(OCc4ccccc4)noc3C(C(C)C)C12. The van der Waals surface area contributed by atoms with Crippen LogP contribution in [0.25, 0.3) is 0 Å². The second-order valence-electron chi connectivity index (χ2n) is 8.41. The Labute approximate surface area is 170 Å². The second-order valence-corrected chi connectivity index (χ2v) is 8.41. The fourth-order valence-corrected chi connectivity index (χ4v) is 4.69. The van der Waals surface area contributed by atoms with Crippen LogP contribution in [0.3, 0.4) is 0 Å². The largest absolute Gasteiger partial charge is 0.470 e. The molecule has 150 valence electrons. The summed E-state index contributed by atoms with van der Waals surface area (Å²) in [6, 6.07) is 9.64. The number of hydrogen-bond donors (Lipinski definition) is 0. The molecule has 5 nitrogen and oxygen atoms in total. The third kappa shape index (κ3) is 2.96. The van der Waals surface area contributed by atoms with Crippen LogP contribution in [0.15, 0.2) is 59.2 Å². The molecule has 0 N–H and O–H groups in total. The minimum absolute atomic E-state index is 0.128. The van der Waals surface area contributed by atoms with E-state index in [1.54, 1.807) is 13.0 Å². The molecule has 0 amide bonds. The molecule has 3 unspecified atom stereocenters. The normalized spacial score (nSPS) is 26.3. The van der Waals surface area contributed by atoms with E-state index in [0.29, 0.717) is 17.7 Å². The fourth-order valence-electron chi connectivity index (χ4n) is 4.69. The van der Waals surface area contributed by atoms with Crippen molar-refractivity contribution in [2.75, 3.05) is 0 Å². The zero-order valence-electron chi connectivity index (χ0n) is 17.0. The summed E-state index contributed by atoms with van der Waals surface area (Å²) < 4.78 is 11.5. The van der Waals surface area contributed by atoms with Crippen LogP contribution in [-0.4, -0.2) is 16.7 Å². The second kappa shape index (κ2) is 7.14. The van der Waals surface area contributed by atoms with Crippen LogP contribution >= 0.6 is 0 Å². The van der Waals surface area contributed by atoms with E-state index in [-0.39, 0.29) is 41.8 Å². The van der Waals surface area contributed by atoms with Crippen LogP contribution in [0.5, 0.6) is 5.88 Å². The van der Waals surface area contributed by atoms with Gasteiger partial charge in [-0.05, 0) is 36.1 Å². The van der Waals surface area contributed by atoms with Crippen LogP contribution in [0.1, 0.15) is 54.8 Å². The average Bonchev–Trinajstić information content (AvgIpc) is 3.08. The maximum atomic E-state index is 13.7. The summed E-state index contributed by atoms with van der Waals surface area (Å²) in [5, 5.41) is 4.08. The van der Waals surface area contributed by atoms with Gasteiger partial charge in [-0.25, -0.2) is 0 Å². The van der Waals surface area contributed by atoms with E-state index < -0.39 is 5.41 Å². The molecular weight excluding hydrogens is 366 g/mol. The average molecular weight is 391 g/mol.